The van der Waals surface area contributed by atoms with Crippen molar-refractivity contribution >= 4 is 0 Å². The molecule has 0 aromatic rings. The molecular formula is C8H17Li. The summed E-state index contributed by atoms with van der Waals surface area (Å²) in [5, 5.41) is 0. The molecule has 0 N–H and O–H groups in total. The molecule has 0 nitrogen and oxygen atoms in total. The van der Waals surface area contributed by atoms with E-state index in [-0.39, 0.29) is 18.9 Å². The molecule has 0 aromatic heterocycles. The van der Waals surface area contributed by atoms with Crippen LogP contribution in [0.5, 0.6) is 0 Å². The molecule has 0 saturated carbocycles. The Balaban J connectivity index is 0. The summed E-state index contributed by atoms with van der Waals surface area (Å²) in [7, 11) is 0. The van der Waals surface area contributed by atoms with Gasteiger partial charge in [-0.05, 0) is 0 Å². The summed E-state index contributed by atoms with van der Waals surface area (Å²) < 4.78 is 0. The summed E-state index contributed by atoms with van der Waals surface area (Å²) in [5.41, 5.74) is 0. The van der Waals surface area contributed by atoms with Crippen LogP contribution in [-0.2, 0) is 0 Å². The third-order valence-electron chi connectivity index (χ3n) is 1.30. The van der Waals surface area contributed by atoms with Gasteiger partial charge in [0.05, 0.1) is 0 Å². The summed E-state index contributed by atoms with van der Waals surface area (Å²) in [5.74, 6) is 0.654. The van der Waals surface area contributed by atoms with Gasteiger partial charge in [-0.2, -0.15) is 5.92 Å². The average molecular weight is 120 g/mol. The molecule has 0 spiro atoms. The van der Waals surface area contributed by atoms with Crippen molar-refractivity contribution in [3.8, 4) is 0 Å². The third kappa shape index (κ3) is 11.9. The maximum absolute atomic E-state index is 3.91. The van der Waals surface area contributed by atoms with Gasteiger partial charge in [0.1, 0.15) is 0 Å². The molecule has 0 heterocycles. The molecule has 0 bridgehead atoms. The number of rotatable bonds is 4. The first-order valence-electron chi connectivity index (χ1n) is 3.60. The van der Waals surface area contributed by atoms with E-state index in [0.29, 0.717) is 5.92 Å². The molecule has 0 rings (SSSR count). The second-order valence-corrected chi connectivity index (χ2v) is 2.60. The SMILES string of the molecule is [CH2-]C(C)CCCCC.[Li+]. The minimum Gasteiger partial charge on any atom is -0.341 e. The molecule has 0 aliphatic carbocycles. The van der Waals surface area contributed by atoms with Crippen molar-refractivity contribution in [3.63, 3.8) is 0 Å². The Bertz CT molecular complexity index is 41.8. The van der Waals surface area contributed by atoms with E-state index in [1.54, 1.807) is 0 Å². The van der Waals surface area contributed by atoms with Crippen molar-refractivity contribution in [1.82, 2.24) is 0 Å². The summed E-state index contributed by atoms with van der Waals surface area (Å²) in [6.07, 6.45) is 5.36. The number of hydrogen-bond acceptors (Lipinski definition) is 0. The van der Waals surface area contributed by atoms with Crippen LogP contribution in [0.25, 0.3) is 0 Å². The smallest absolute Gasteiger partial charge is 0.341 e. The van der Waals surface area contributed by atoms with E-state index in [9.17, 15) is 0 Å². The Labute approximate surface area is 71.6 Å². The van der Waals surface area contributed by atoms with E-state index in [0.717, 1.165) is 0 Å². The molecule has 9 heavy (non-hydrogen) atoms. The first-order valence-corrected chi connectivity index (χ1v) is 3.60. The molecule has 0 aliphatic rings. The molecule has 0 aliphatic heterocycles. The summed E-state index contributed by atoms with van der Waals surface area (Å²) in [4.78, 5) is 0. The van der Waals surface area contributed by atoms with Crippen molar-refractivity contribution in [3.05, 3.63) is 6.92 Å². The van der Waals surface area contributed by atoms with Crippen molar-refractivity contribution in [2.24, 2.45) is 5.92 Å². The molecule has 50 valence electrons. The molecule has 0 saturated heterocycles. The molecule has 0 radical (unpaired) electrons. The second kappa shape index (κ2) is 8.60. The average Bonchev–Trinajstić information content (AvgIpc) is 1.66. The second-order valence-electron chi connectivity index (χ2n) is 2.60. The maximum Gasteiger partial charge on any atom is 1.00 e. The Morgan fingerprint density at radius 3 is 2.22 bits per heavy atom. The summed E-state index contributed by atoms with van der Waals surface area (Å²) >= 11 is 0. The minimum atomic E-state index is 0. The summed E-state index contributed by atoms with van der Waals surface area (Å²) in [6, 6.07) is 0. The molecule has 0 fully saturated rings. The Morgan fingerprint density at radius 2 is 1.89 bits per heavy atom. The van der Waals surface area contributed by atoms with Crippen LogP contribution in [0.3, 0.4) is 0 Å². The van der Waals surface area contributed by atoms with Gasteiger partial charge in [-0.25, -0.2) is 0 Å². The standard InChI is InChI=1S/C8H17.Li/c1-4-5-6-7-8(2)3;/h8H,2,4-7H2,1,3H3;/q-1;+1. The molecule has 0 amide bonds. The zero-order valence-corrected chi connectivity index (χ0v) is 7.11. The van der Waals surface area contributed by atoms with Crippen LogP contribution >= 0.6 is 0 Å². The van der Waals surface area contributed by atoms with Gasteiger partial charge >= 0.3 is 18.9 Å². The largest absolute Gasteiger partial charge is 1.00 e. The van der Waals surface area contributed by atoms with Gasteiger partial charge in [0, 0.05) is 0 Å². The van der Waals surface area contributed by atoms with Crippen molar-refractivity contribution in [2.75, 3.05) is 0 Å². The molecular weight excluding hydrogens is 103 g/mol. The quantitative estimate of drug-likeness (QED) is 0.279. The maximum atomic E-state index is 3.91. The van der Waals surface area contributed by atoms with E-state index in [4.69, 9.17) is 0 Å². The van der Waals surface area contributed by atoms with Gasteiger partial charge in [-0.15, -0.1) is 0 Å². The predicted molar refractivity (Wildman–Crippen MR) is 38.7 cm³/mol. The van der Waals surface area contributed by atoms with Crippen molar-refractivity contribution in [2.45, 2.75) is 39.5 Å². The Hall–Kier alpha value is 0.597. The predicted octanol–water partition coefficient (Wildman–Crippen LogP) is 0.0409. The van der Waals surface area contributed by atoms with Gasteiger partial charge in [0.25, 0.3) is 0 Å². The van der Waals surface area contributed by atoms with E-state index in [2.05, 4.69) is 20.8 Å². The molecule has 1 unspecified atom stereocenters. The van der Waals surface area contributed by atoms with Crippen LogP contribution in [0, 0.1) is 12.8 Å². The van der Waals surface area contributed by atoms with Gasteiger partial charge in [-0.1, -0.05) is 39.5 Å². The van der Waals surface area contributed by atoms with Crippen molar-refractivity contribution in [1.29, 1.82) is 0 Å². The van der Waals surface area contributed by atoms with E-state index in [1.165, 1.54) is 25.7 Å². The van der Waals surface area contributed by atoms with Crippen molar-refractivity contribution < 1.29 is 18.9 Å². The van der Waals surface area contributed by atoms with Gasteiger partial charge in [0.15, 0.2) is 0 Å². The van der Waals surface area contributed by atoms with Gasteiger partial charge in [0.2, 0.25) is 0 Å². The Kier molecular flexibility index (Phi) is 11.7. The van der Waals surface area contributed by atoms with Crippen LogP contribution in [0.4, 0.5) is 0 Å². The van der Waals surface area contributed by atoms with Crippen LogP contribution in [0.1, 0.15) is 39.5 Å². The fourth-order valence-corrected chi connectivity index (χ4v) is 0.743. The molecule has 1 atom stereocenters. The van der Waals surface area contributed by atoms with Crippen LogP contribution in [-0.4, -0.2) is 0 Å². The number of unbranched alkanes of at least 4 members (excludes halogenated alkanes) is 2. The third-order valence-corrected chi connectivity index (χ3v) is 1.30. The topological polar surface area (TPSA) is 0 Å². The van der Waals surface area contributed by atoms with E-state index >= 15 is 0 Å². The fraction of sp³-hybridized carbons (Fsp3) is 0.875. The first kappa shape index (κ1) is 12.3. The fourth-order valence-electron chi connectivity index (χ4n) is 0.743. The van der Waals surface area contributed by atoms with E-state index in [1.807, 2.05) is 0 Å². The van der Waals surface area contributed by atoms with Crippen LogP contribution < -0.4 is 18.9 Å². The van der Waals surface area contributed by atoms with Gasteiger partial charge < -0.3 is 6.92 Å². The molecule has 1 heteroatoms. The normalized spacial score (nSPS) is 12.3. The van der Waals surface area contributed by atoms with Crippen LogP contribution in [0.15, 0.2) is 0 Å². The zero-order chi connectivity index (χ0) is 6.41. The van der Waals surface area contributed by atoms with Crippen LogP contribution in [0.2, 0.25) is 0 Å². The number of hydrogen-bond donors (Lipinski definition) is 0. The summed E-state index contributed by atoms with van der Waals surface area (Å²) in [6.45, 7) is 8.32. The zero-order valence-electron chi connectivity index (χ0n) is 7.11. The first-order chi connectivity index (χ1) is 3.77. The van der Waals surface area contributed by atoms with Gasteiger partial charge in [-0.3, -0.25) is 0 Å². The molecule has 0 aromatic carbocycles. The monoisotopic (exact) mass is 120 g/mol. The Morgan fingerprint density at radius 1 is 1.33 bits per heavy atom. The minimum absolute atomic E-state index is 0. The van der Waals surface area contributed by atoms with E-state index < -0.39 is 0 Å².